The lowest BCUT2D eigenvalue weighted by Crippen LogP contribution is -2.22. The van der Waals surface area contributed by atoms with Gasteiger partial charge < -0.3 is 4.74 Å². The first-order valence-electron chi connectivity index (χ1n) is 9.58. The van der Waals surface area contributed by atoms with E-state index in [1.165, 1.54) is 16.7 Å². The van der Waals surface area contributed by atoms with Crippen molar-refractivity contribution in [3.05, 3.63) is 70.8 Å². The quantitative estimate of drug-likeness (QED) is 0.413. The zero-order valence-corrected chi connectivity index (χ0v) is 18.6. The maximum atomic E-state index is 12.5. The minimum absolute atomic E-state index is 0.0914. The van der Waals surface area contributed by atoms with Gasteiger partial charge in [0.05, 0.1) is 17.2 Å². The molecule has 3 aromatic rings. The zero-order chi connectivity index (χ0) is 21.3. The van der Waals surface area contributed by atoms with Crippen LogP contribution in [-0.4, -0.2) is 38.6 Å². The molecule has 1 saturated heterocycles. The number of hydrogen-bond acceptors (Lipinski definition) is 5. The fourth-order valence-corrected chi connectivity index (χ4v) is 4.40. The molecule has 4 rings (SSSR count). The van der Waals surface area contributed by atoms with Gasteiger partial charge in [0.15, 0.2) is 0 Å². The molecule has 1 fully saturated rings. The van der Waals surface area contributed by atoms with Gasteiger partial charge in [-0.05, 0) is 55.8 Å². The Morgan fingerprint density at radius 1 is 1.20 bits per heavy atom. The summed E-state index contributed by atoms with van der Waals surface area (Å²) in [5.41, 5.74) is 4.60. The van der Waals surface area contributed by atoms with Gasteiger partial charge in [-0.1, -0.05) is 42.2 Å². The number of hydrogen-bond donors (Lipinski definition) is 0. The van der Waals surface area contributed by atoms with Crippen LogP contribution in [0.25, 0.3) is 23.0 Å². The predicted molar refractivity (Wildman–Crippen MR) is 126 cm³/mol. The molecule has 7 heteroatoms. The van der Waals surface area contributed by atoms with Crippen molar-refractivity contribution in [3.63, 3.8) is 0 Å². The third-order valence-electron chi connectivity index (χ3n) is 4.78. The summed E-state index contributed by atoms with van der Waals surface area (Å²) >= 11 is 6.58. The van der Waals surface area contributed by atoms with Gasteiger partial charge in [-0.25, -0.2) is 4.68 Å². The molecular formula is C23H21N3O2S2. The second-order valence-electron chi connectivity index (χ2n) is 6.87. The van der Waals surface area contributed by atoms with Crippen molar-refractivity contribution in [2.24, 2.45) is 0 Å². The molecule has 0 atom stereocenters. The SMILES string of the molecule is CCOc1ccc(-c2nn(-c3ccccc3)cc2C=C2SC(=S)N(C)C2=O)cc1C. The van der Waals surface area contributed by atoms with E-state index in [2.05, 4.69) is 6.07 Å². The Morgan fingerprint density at radius 2 is 1.97 bits per heavy atom. The number of aryl methyl sites for hydroxylation is 1. The molecule has 5 nitrogen and oxygen atoms in total. The zero-order valence-electron chi connectivity index (χ0n) is 17.0. The summed E-state index contributed by atoms with van der Waals surface area (Å²) in [7, 11) is 1.70. The molecule has 2 heterocycles. The molecule has 0 spiro atoms. The van der Waals surface area contributed by atoms with E-state index in [1.54, 1.807) is 7.05 Å². The highest BCUT2D eigenvalue weighted by Gasteiger charge is 2.29. The second-order valence-corrected chi connectivity index (χ2v) is 8.54. The van der Waals surface area contributed by atoms with Crippen LogP contribution in [0.1, 0.15) is 18.1 Å². The summed E-state index contributed by atoms with van der Waals surface area (Å²) in [5, 5.41) is 4.84. The summed E-state index contributed by atoms with van der Waals surface area (Å²) in [5.74, 6) is 0.767. The fourth-order valence-electron chi connectivity index (χ4n) is 3.23. The van der Waals surface area contributed by atoms with Crippen LogP contribution in [0.3, 0.4) is 0 Å². The number of rotatable bonds is 5. The van der Waals surface area contributed by atoms with E-state index in [-0.39, 0.29) is 5.91 Å². The number of amides is 1. The monoisotopic (exact) mass is 435 g/mol. The fraction of sp³-hybridized carbons (Fsp3) is 0.174. The van der Waals surface area contributed by atoms with E-state index in [1.807, 2.05) is 73.3 Å². The minimum Gasteiger partial charge on any atom is -0.494 e. The third kappa shape index (κ3) is 3.91. The van der Waals surface area contributed by atoms with Crippen LogP contribution in [0.15, 0.2) is 59.6 Å². The van der Waals surface area contributed by atoms with Crippen LogP contribution < -0.4 is 4.74 Å². The van der Waals surface area contributed by atoms with E-state index in [9.17, 15) is 4.79 Å². The number of para-hydroxylation sites is 1. The number of thioether (sulfide) groups is 1. The number of carbonyl (C=O) groups excluding carboxylic acids is 1. The molecule has 0 unspecified atom stereocenters. The van der Waals surface area contributed by atoms with Crippen molar-refractivity contribution in [1.82, 2.24) is 14.7 Å². The van der Waals surface area contributed by atoms with Crippen molar-refractivity contribution in [2.75, 3.05) is 13.7 Å². The third-order valence-corrected chi connectivity index (χ3v) is 6.27. The summed E-state index contributed by atoms with van der Waals surface area (Å²) in [6.07, 6.45) is 3.81. The standard InChI is InChI=1S/C23H21N3O2S2/c1-4-28-19-11-10-16(12-15(19)2)21-17(13-20-22(27)25(3)23(29)30-20)14-26(24-21)18-8-6-5-7-9-18/h5-14H,4H2,1-3H3. The maximum Gasteiger partial charge on any atom is 0.265 e. The Balaban J connectivity index is 1.83. The van der Waals surface area contributed by atoms with E-state index in [0.717, 1.165) is 33.8 Å². The number of ether oxygens (including phenoxy) is 1. The average molecular weight is 436 g/mol. The first-order chi connectivity index (χ1) is 14.5. The lowest BCUT2D eigenvalue weighted by molar-refractivity contribution is -0.121. The Morgan fingerprint density at radius 3 is 2.60 bits per heavy atom. The van der Waals surface area contributed by atoms with Gasteiger partial charge >= 0.3 is 0 Å². The van der Waals surface area contributed by atoms with Gasteiger partial charge in [-0.3, -0.25) is 9.69 Å². The van der Waals surface area contributed by atoms with Crippen molar-refractivity contribution in [2.45, 2.75) is 13.8 Å². The first-order valence-corrected chi connectivity index (χ1v) is 10.8. The Kier molecular flexibility index (Phi) is 5.74. The molecule has 1 aliphatic rings. The van der Waals surface area contributed by atoms with Gasteiger partial charge in [-0.2, -0.15) is 5.10 Å². The van der Waals surface area contributed by atoms with Crippen molar-refractivity contribution in [3.8, 4) is 22.7 Å². The van der Waals surface area contributed by atoms with Crippen LogP contribution in [0, 0.1) is 6.92 Å². The normalized spacial score (nSPS) is 15.3. The van der Waals surface area contributed by atoms with Gasteiger partial charge in [0, 0.05) is 24.4 Å². The molecule has 0 bridgehead atoms. The molecule has 1 amide bonds. The Bertz CT molecular complexity index is 1150. The molecule has 0 N–H and O–H groups in total. The smallest absolute Gasteiger partial charge is 0.265 e. The molecule has 1 aromatic heterocycles. The van der Waals surface area contributed by atoms with Crippen molar-refractivity contribution in [1.29, 1.82) is 0 Å². The van der Waals surface area contributed by atoms with E-state index in [4.69, 9.17) is 22.1 Å². The molecule has 30 heavy (non-hydrogen) atoms. The highest BCUT2D eigenvalue weighted by molar-refractivity contribution is 8.26. The Hall–Kier alpha value is -2.90. The molecule has 0 saturated carbocycles. The van der Waals surface area contributed by atoms with Crippen LogP contribution in [0.2, 0.25) is 0 Å². The number of nitrogens with zero attached hydrogens (tertiary/aromatic N) is 3. The van der Waals surface area contributed by atoms with Crippen molar-refractivity contribution < 1.29 is 9.53 Å². The maximum absolute atomic E-state index is 12.5. The van der Waals surface area contributed by atoms with Crippen LogP contribution >= 0.6 is 24.0 Å². The molecule has 152 valence electrons. The molecule has 1 aliphatic heterocycles. The summed E-state index contributed by atoms with van der Waals surface area (Å²) < 4.78 is 8.06. The molecular weight excluding hydrogens is 414 g/mol. The number of likely N-dealkylation sites (N-methyl/N-ethyl adjacent to an activating group) is 1. The number of carbonyl (C=O) groups is 1. The van der Waals surface area contributed by atoms with E-state index >= 15 is 0 Å². The number of thiocarbonyl (C=S) groups is 1. The first kappa shape index (κ1) is 20.4. The topological polar surface area (TPSA) is 47.4 Å². The van der Waals surface area contributed by atoms with Crippen LogP contribution in [0.4, 0.5) is 0 Å². The van der Waals surface area contributed by atoms with Gasteiger partial charge in [0.25, 0.3) is 5.91 Å². The number of aromatic nitrogens is 2. The molecule has 0 aliphatic carbocycles. The van der Waals surface area contributed by atoms with Crippen molar-refractivity contribution >= 4 is 40.3 Å². The largest absolute Gasteiger partial charge is 0.494 e. The Labute approximate surface area is 185 Å². The van der Waals surface area contributed by atoms with E-state index < -0.39 is 0 Å². The predicted octanol–water partition coefficient (Wildman–Crippen LogP) is 5.08. The molecule has 0 radical (unpaired) electrons. The second kappa shape index (κ2) is 8.45. The minimum atomic E-state index is -0.0914. The highest BCUT2D eigenvalue weighted by atomic mass is 32.2. The number of benzene rings is 2. The van der Waals surface area contributed by atoms with Crippen LogP contribution in [-0.2, 0) is 4.79 Å². The average Bonchev–Trinajstić information content (AvgIpc) is 3.27. The van der Waals surface area contributed by atoms with Gasteiger partial charge in [-0.15, -0.1) is 0 Å². The lowest BCUT2D eigenvalue weighted by Gasteiger charge is -2.08. The highest BCUT2D eigenvalue weighted by Crippen LogP contribution is 2.35. The van der Waals surface area contributed by atoms with Crippen LogP contribution in [0.5, 0.6) is 5.75 Å². The summed E-state index contributed by atoms with van der Waals surface area (Å²) in [6.45, 7) is 4.61. The summed E-state index contributed by atoms with van der Waals surface area (Å²) in [6, 6.07) is 15.9. The van der Waals surface area contributed by atoms with Gasteiger partial charge in [0.1, 0.15) is 15.8 Å². The van der Waals surface area contributed by atoms with Gasteiger partial charge in [0.2, 0.25) is 0 Å². The molecule has 2 aromatic carbocycles. The lowest BCUT2D eigenvalue weighted by atomic mass is 10.0. The van der Waals surface area contributed by atoms with E-state index in [0.29, 0.717) is 15.8 Å². The summed E-state index contributed by atoms with van der Waals surface area (Å²) in [4.78, 5) is 14.6.